The summed E-state index contributed by atoms with van der Waals surface area (Å²) in [4.78, 5) is 24.5. The van der Waals surface area contributed by atoms with Gasteiger partial charge >= 0.3 is 5.97 Å². The number of carbonyl (C=O) groups is 2. The Kier molecular flexibility index (Phi) is 48.1. The minimum absolute atomic E-state index is 0.0341. The summed E-state index contributed by atoms with van der Waals surface area (Å²) in [5.41, 5.74) is 0. The van der Waals surface area contributed by atoms with Crippen molar-refractivity contribution in [1.82, 2.24) is 5.32 Å². The number of esters is 1. The number of carbonyl (C=O) groups excluding carboxylic acids is 2. The summed E-state index contributed by atoms with van der Waals surface area (Å²) in [7, 11) is 0. The van der Waals surface area contributed by atoms with Crippen LogP contribution in [0.3, 0.4) is 0 Å². The summed E-state index contributed by atoms with van der Waals surface area (Å²) in [6, 6.07) is -0.648. The second-order valence-electron chi connectivity index (χ2n) is 17.8. The maximum Gasteiger partial charge on any atom is 0.305 e. The van der Waals surface area contributed by atoms with Crippen molar-refractivity contribution in [3.8, 4) is 0 Å². The van der Waals surface area contributed by atoms with Gasteiger partial charge in [0.05, 0.1) is 25.4 Å². The number of amides is 1. The molecule has 0 saturated heterocycles. The Bertz CT molecular complexity index is 977. The molecule has 0 aromatic rings. The average molecular weight is 844 g/mol. The third kappa shape index (κ3) is 45.6. The summed E-state index contributed by atoms with van der Waals surface area (Å²) in [5.74, 6) is -0.132. The highest BCUT2D eigenvalue weighted by atomic mass is 16.5. The van der Waals surface area contributed by atoms with E-state index in [-0.39, 0.29) is 18.5 Å². The van der Waals surface area contributed by atoms with Gasteiger partial charge in [-0.05, 0) is 83.5 Å². The van der Waals surface area contributed by atoms with Gasteiger partial charge in [-0.25, -0.2) is 0 Å². The molecule has 2 unspecified atom stereocenters. The van der Waals surface area contributed by atoms with Crippen molar-refractivity contribution in [2.45, 2.75) is 283 Å². The Morgan fingerprint density at radius 3 is 1.18 bits per heavy atom. The Morgan fingerprint density at radius 2 is 0.783 bits per heavy atom. The van der Waals surface area contributed by atoms with E-state index in [2.05, 4.69) is 43.5 Å². The second-order valence-corrected chi connectivity index (χ2v) is 17.8. The number of allylic oxidation sites excluding steroid dienone is 5. The Balaban J connectivity index is 3.52. The molecule has 0 bridgehead atoms. The van der Waals surface area contributed by atoms with Crippen LogP contribution in [-0.2, 0) is 14.3 Å². The molecule has 2 atom stereocenters. The summed E-state index contributed by atoms with van der Waals surface area (Å²) in [6.45, 7) is 4.81. The fraction of sp³-hybridized carbons (Fsp3) is 0.852. The number of ether oxygens (including phenoxy) is 1. The first-order chi connectivity index (χ1) is 29.5. The van der Waals surface area contributed by atoms with Crippen LogP contribution in [0.2, 0.25) is 0 Å². The predicted octanol–water partition coefficient (Wildman–Crippen LogP) is 15.7. The molecule has 0 aliphatic heterocycles. The first-order valence-corrected chi connectivity index (χ1v) is 26.3. The number of rotatable bonds is 48. The molecular formula is C54H101NO5. The van der Waals surface area contributed by atoms with E-state index in [1.165, 1.54) is 161 Å². The standard InChI is InChI=1S/C54H101NO5/c1-3-5-7-9-11-13-15-17-18-19-20-21-22-24-28-32-36-40-44-48-54(59)60-49-45-41-37-33-29-25-27-31-35-39-43-47-53(58)55-51(50-56)52(57)46-42-38-34-30-26-23-16-14-12-10-8-6-4-2/h17-18,29,33,42,46,51-52,56-57H,3-16,19-28,30-32,34-41,43-45,47-50H2,1-2H3,(H,55,58)/b18-17-,33-29-,46-42+. The van der Waals surface area contributed by atoms with E-state index in [1.807, 2.05) is 6.08 Å². The molecule has 0 aliphatic rings. The van der Waals surface area contributed by atoms with Gasteiger partial charge in [0.15, 0.2) is 0 Å². The zero-order chi connectivity index (χ0) is 43.7. The van der Waals surface area contributed by atoms with Gasteiger partial charge in [-0.3, -0.25) is 9.59 Å². The second kappa shape index (κ2) is 49.7. The fourth-order valence-corrected chi connectivity index (χ4v) is 7.80. The molecule has 0 saturated carbocycles. The first-order valence-electron chi connectivity index (χ1n) is 26.3. The topological polar surface area (TPSA) is 95.9 Å². The Hall–Kier alpha value is -1.92. The normalized spacial score (nSPS) is 12.9. The lowest BCUT2D eigenvalue weighted by Crippen LogP contribution is -2.45. The molecule has 0 aromatic carbocycles. The van der Waals surface area contributed by atoms with E-state index >= 15 is 0 Å². The number of hydrogen-bond donors (Lipinski definition) is 3. The van der Waals surface area contributed by atoms with Crippen molar-refractivity contribution in [2.24, 2.45) is 0 Å². The number of nitrogens with one attached hydrogen (secondary N) is 1. The molecule has 60 heavy (non-hydrogen) atoms. The first kappa shape index (κ1) is 58.1. The van der Waals surface area contributed by atoms with E-state index in [0.717, 1.165) is 83.5 Å². The molecule has 3 N–H and O–H groups in total. The number of hydrogen-bond acceptors (Lipinski definition) is 5. The molecule has 6 nitrogen and oxygen atoms in total. The van der Waals surface area contributed by atoms with E-state index in [1.54, 1.807) is 6.08 Å². The molecule has 0 heterocycles. The lowest BCUT2D eigenvalue weighted by Gasteiger charge is -2.20. The maximum absolute atomic E-state index is 12.4. The van der Waals surface area contributed by atoms with Crippen molar-refractivity contribution in [2.75, 3.05) is 13.2 Å². The highest BCUT2D eigenvalue weighted by Gasteiger charge is 2.18. The molecule has 352 valence electrons. The Morgan fingerprint density at radius 1 is 0.450 bits per heavy atom. The molecule has 0 aliphatic carbocycles. The molecule has 6 heteroatoms. The minimum atomic E-state index is -0.862. The molecular weight excluding hydrogens is 743 g/mol. The van der Waals surface area contributed by atoms with Crippen LogP contribution in [0.15, 0.2) is 36.5 Å². The molecule has 0 radical (unpaired) electrons. The van der Waals surface area contributed by atoms with Gasteiger partial charge in [-0.1, -0.05) is 211 Å². The Labute approximate surface area is 373 Å². The largest absolute Gasteiger partial charge is 0.466 e. The lowest BCUT2D eigenvalue weighted by atomic mass is 10.0. The summed E-state index contributed by atoms with van der Waals surface area (Å²) >= 11 is 0. The summed E-state index contributed by atoms with van der Waals surface area (Å²) in [5, 5.41) is 23.0. The van der Waals surface area contributed by atoms with Gasteiger partial charge in [-0.15, -0.1) is 0 Å². The van der Waals surface area contributed by atoms with Crippen LogP contribution >= 0.6 is 0 Å². The molecule has 0 fully saturated rings. The highest BCUT2D eigenvalue weighted by Crippen LogP contribution is 2.15. The maximum atomic E-state index is 12.4. The van der Waals surface area contributed by atoms with Crippen molar-refractivity contribution in [3.63, 3.8) is 0 Å². The van der Waals surface area contributed by atoms with Crippen molar-refractivity contribution in [1.29, 1.82) is 0 Å². The minimum Gasteiger partial charge on any atom is -0.466 e. The van der Waals surface area contributed by atoms with Gasteiger partial charge in [0.2, 0.25) is 5.91 Å². The van der Waals surface area contributed by atoms with Crippen LogP contribution in [0.4, 0.5) is 0 Å². The van der Waals surface area contributed by atoms with Gasteiger partial charge < -0.3 is 20.3 Å². The predicted molar refractivity (Wildman–Crippen MR) is 259 cm³/mol. The summed E-state index contributed by atoms with van der Waals surface area (Å²) in [6.07, 6.45) is 60.1. The zero-order valence-electron chi connectivity index (χ0n) is 39.9. The van der Waals surface area contributed by atoms with Crippen LogP contribution in [0.5, 0.6) is 0 Å². The van der Waals surface area contributed by atoms with Gasteiger partial charge in [-0.2, -0.15) is 0 Å². The number of aliphatic hydroxyl groups is 2. The van der Waals surface area contributed by atoms with E-state index in [4.69, 9.17) is 4.74 Å². The average Bonchev–Trinajstić information content (AvgIpc) is 3.25. The van der Waals surface area contributed by atoms with E-state index < -0.39 is 12.1 Å². The quantitative estimate of drug-likeness (QED) is 0.0322. The van der Waals surface area contributed by atoms with Gasteiger partial charge in [0, 0.05) is 12.8 Å². The third-order valence-corrected chi connectivity index (χ3v) is 11.9. The van der Waals surface area contributed by atoms with Crippen LogP contribution in [-0.4, -0.2) is 47.4 Å². The van der Waals surface area contributed by atoms with Crippen molar-refractivity contribution in [3.05, 3.63) is 36.5 Å². The fourth-order valence-electron chi connectivity index (χ4n) is 7.80. The molecule has 0 aromatic heterocycles. The molecule has 0 spiro atoms. The van der Waals surface area contributed by atoms with Crippen LogP contribution < -0.4 is 5.32 Å². The smallest absolute Gasteiger partial charge is 0.305 e. The molecule has 0 rings (SSSR count). The SMILES string of the molecule is CCCCCCCC/C=C\CCCCCCCCCCCC(=O)OCCCC/C=C\CCCCCCCC(=O)NC(CO)C(O)/C=C/CCCCCCCCCCCCC. The van der Waals surface area contributed by atoms with E-state index in [0.29, 0.717) is 19.4 Å². The van der Waals surface area contributed by atoms with Crippen molar-refractivity contribution >= 4 is 11.9 Å². The monoisotopic (exact) mass is 844 g/mol. The molecule has 1 amide bonds. The highest BCUT2D eigenvalue weighted by molar-refractivity contribution is 5.76. The van der Waals surface area contributed by atoms with Crippen LogP contribution in [0.1, 0.15) is 271 Å². The lowest BCUT2D eigenvalue weighted by molar-refractivity contribution is -0.143. The number of unbranched alkanes of at least 4 members (excludes halogenated alkanes) is 33. The zero-order valence-corrected chi connectivity index (χ0v) is 39.9. The van der Waals surface area contributed by atoms with Crippen LogP contribution in [0.25, 0.3) is 0 Å². The van der Waals surface area contributed by atoms with Gasteiger partial charge in [0.25, 0.3) is 0 Å². The van der Waals surface area contributed by atoms with E-state index in [9.17, 15) is 19.8 Å². The van der Waals surface area contributed by atoms with Crippen LogP contribution in [0, 0.1) is 0 Å². The van der Waals surface area contributed by atoms with Crippen molar-refractivity contribution < 1.29 is 24.5 Å². The van der Waals surface area contributed by atoms with Gasteiger partial charge in [0.1, 0.15) is 0 Å². The third-order valence-electron chi connectivity index (χ3n) is 11.9. The summed E-state index contributed by atoms with van der Waals surface area (Å²) < 4.78 is 5.45. The number of aliphatic hydroxyl groups excluding tert-OH is 2.